The average Bonchev–Trinajstić information content (AvgIpc) is 2.70. The van der Waals surface area contributed by atoms with E-state index >= 15 is 0 Å². The van der Waals surface area contributed by atoms with Crippen molar-refractivity contribution in [1.82, 2.24) is 24.9 Å². The summed E-state index contributed by atoms with van der Waals surface area (Å²) in [5.74, 6) is 0.965. The van der Waals surface area contributed by atoms with Gasteiger partial charge in [-0.3, -0.25) is 9.69 Å². The quantitative estimate of drug-likeness (QED) is 0.701. The second kappa shape index (κ2) is 7.44. The first-order valence-electron chi connectivity index (χ1n) is 9.36. The molecule has 140 valence electrons. The minimum absolute atomic E-state index is 0.0411. The number of hydrogen-bond acceptors (Lipinski definition) is 6. The molecule has 7 nitrogen and oxygen atoms in total. The Balaban J connectivity index is 1.42. The van der Waals surface area contributed by atoms with Crippen molar-refractivity contribution in [2.75, 3.05) is 37.6 Å². The number of rotatable bonds is 4. The molecule has 4 rings (SSSR count). The number of piperazine rings is 1. The van der Waals surface area contributed by atoms with Crippen LogP contribution >= 0.6 is 0 Å². The molecule has 0 amide bonds. The molecule has 1 saturated heterocycles. The van der Waals surface area contributed by atoms with E-state index in [9.17, 15) is 4.79 Å². The summed E-state index contributed by atoms with van der Waals surface area (Å²) in [6, 6.07) is 11.7. The Hall–Kier alpha value is -2.80. The first-order chi connectivity index (χ1) is 13.1. The lowest BCUT2D eigenvalue weighted by molar-refractivity contribution is 0.242. The van der Waals surface area contributed by atoms with E-state index in [2.05, 4.69) is 43.3 Å². The first kappa shape index (κ1) is 17.6. The number of hydrogen-bond donors (Lipinski definition) is 0. The van der Waals surface area contributed by atoms with E-state index in [1.165, 1.54) is 0 Å². The van der Waals surface area contributed by atoms with E-state index in [4.69, 9.17) is 0 Å². The van der Waals surface area contributed by atoms with Gasteiger partial charge in [0.1, 0.15) is 0 Å². The molecule has 1 aliphatic rings. The van der Waals surface area contributed by atoms with Crippen molar-refractivity contribution in [3.63, 3.8) is 0 Å². The number of nitrogens with zero attached hydrogens (tertiary/aromatic N) is 6. The molecule has 1 fully saturated rings. The fourth-order valence-corrected chi connectivity index (χ4v) is 3.59. The maximum atomic E-state index is 11.9. The second-order valence-corrected chi connectivity index (χ2v) is 7.02. The van der Waals surface area contributed by atoms with Crippen LogP contribution in [0.4, 0.5) is 5.82 Å². The predicted molar refractivity (Wildman–Crippen MR) is 106 cm³/mol. The molecule has 0 atom stereocenters. The summed E-state index contributed by atoms with van der Waals surface area (Å²) in [6.45, 7) is 9.02. The normalized spacial score (nSPS) is 15.4. The molecule has 2 aromatic heterocycles. The Bertz CT molecular complexity index is 1010. The molecule has 0 bridgehead atoms. The third-order valence-electron chi connectivity index (χ3n) is 5.15. The molecule has 27 heavy (non-hydrogen) atoms. The predicted octanol–water partition coefficient (Wildman–Crippen LogP) is 1.63. The van der Waals surface area contributed by atoms with E-state index in [1.807, 2.05) is 19.9 Å². The summed E-state index contributed by atoms with van der Waals surface area (Å²) in [6.07, 6.45) is 0. The molecular weight excluding hydrogens is 340 g/mol. The largest absolute Gasteiger partial charge is 0.352 e. The zero-order chi connectivity index (χ0) is 18.8. The minimum Gasteiger partial charge on any atom is -0.352 e. The fraction of sp³-hybridized carbons (Fsp3) is 0.400. The van der Waals surface area contributed by atoms with E-state index in [0.29, 0.717) is 6.54 Å². The SMILES string of the molecule is Cc1ccc(=O)n(CCN2CCN(c3nnc(C)c4ccccc34)CC2)n1. The van der Waals surface area contributed by atoms with Crippen LogP contribution in [0.1, 0.15) is 11.4 Å². The molecule has 3 heterocycles. The van der Waals surface area contributed by atoms with Crippen LogP contribution < -0.4 is 10.5 Å². The van der Waals surface area contributed by atoms with Gasteiger partial charge in [-0.25, -0.2) is 4.68 Å². The third kappa shape index (κ3) is 3.68. The summed E-state index contributed by atoms with van der Waals surface area (Å²) in [4.78, 5) is 16.6. The Morgan fingerprint density at radius 2 is 1.63 bits per heavy atom. The highest BCUT2D eigenvalue weighted by molar-refractivity contribution is 5.93. The lowest BCUT2D eigenvalue weighted by Crippen LogP contribution is -2.48. The van der Waals surface area contributed by atoms with Crippen molar-refractivity contribution in [2.24, 2.45) is 0 Å². The number of fused-ring (bicyclic) bond motifs is 1. The summed E-state index contributed by atoms with van der Waals surface area (Å²) in [5.41, 5.74) is 1.79. The summed E-state index contributed by atoms with van der Waals surface area (Å²) < 4.78 is 1.56. The number of anilines is 1. The zero-order valence-electron chi connectivity index (χ0n) is 15.8. The van der Waals surface area contributed by atoms with E-state index in [-0.39, 0.29) is 5.56 Å². The van der Waals surface area contributed by atoms with Gasteiger partial charge in [-0.05, 0) is 19.9 Å². The van der Waals surface area contributed by atoms with Crippen LogP contribution in [0.2, 0.25) is 0 Å². The lowest BCUT2D eigenvalue weighted by atomic mass is 10.1. The van der Waals surface area contributed by atoms with Crippen molar-refractivity contribution < 1.29 is 0 Å². The second-order valence-electron chi connectivity index (χ2n) is 7.02. The van der Waals surface area contributed by atoms with Gasteiger partial charge in [0.2, 0.25) is 0 Å². The van der Waals surface area contributed by atoms with Crippen LogP contribution in [0.15, 0.2) is 41.2 Å². The van der Waals surface area contributed by atoms with Crippen LogP contribution in [0, 0.1) is 13.8 Å². The molecule has 0 saturated carbocycles. The van der Waals surface area contributed by atoms with Gasteiger partial charge in [0.05, 0.1) is 17.9 Å². The maximum absolute atomic E-state index is 11.9. The Labute approximate surface area is 158 Å². The van der Waals surface area contributed by atoms with Crippen molar-refractivity contribution in [1.29, 1.82) is 0 Å². The molecule has 1 aromatic carbocycles. The molecule has 0 N–H and O–H groups in total. The van der Waals surface area contributed by atoms with Gasteiger partial charge >= 0.3 is 0 Å². The van der Waals surface area contributed by atoms with E-state index in [1.54, 1.807) is 16.8 Å². The van der Waals surface area contributed by atoms with Gasteiger partial charge < -0.3 is 4.90 Å². The molecule has 7 heteroatoms. The Kier molecular flexibility index (Phi) is 4.85. The number of aromatic nitrogens is 4. The molecule has 0 unspecified atom stereocenters. The molecule has 0 radical (unpaired) electrons. The maximum Gasteiger partial charge on any atom is 0.266 e. The van der Waals surface area contributed by atoms with E-state index < -0.39 is 0 Å². The van der Waals surface area contributed by atoms with Gasteiger partial charge in [-0.2, -0.15) is 10.2 Å². The van der Waals surface area contributed by atoms with Crippen LogP contribution in [0.25, 0.3) is 10.8 Å². The van der Waals surface area contributed by atoms with E-state index in [0.717, 1.165) is 60.7 Å². The highest BCUT2D eigenvalue weighted by Gasteiger charge is 2.20. The molecule has 3 aromatic rings. The first-order valence-corrected chi connectivity index (χ1v) is 9.36. The van der Waals surface area contributed by atoms with Gasteiger partial charge in [-0.15, -0.1) is 5.10 Å². The Morgan fingerprint density at radius 3 is 2.41 bits per heavy atom. The van der Waals surface area contributed by atoms with Crippen molar-refractivity contribution in [3.8, 4) is 0 Å². The topological polar surface area (TPSA) is 67.2 Å². The number of benzene rings is 1. The van der Waals surface area contributed by atoms with Gasteiger partial charge in [0, 0.05) is 49.6 Å². The van der Waals surface area contributed by atoms with Crippen molar-refractivity contribution in [3.05, 3.63) is 58.1 Å². The van der Waals surface area contributed by atoms with Crippen LogP contribution in [-0.2, 0) is 6.54 Å². The van der Waals surface area contributed by atoms with Gasteiger partial charge in [0.15, 0.2) is 5.82 Å². The van der Waals surface area contributed by atoms with Crippen LogP contribution in [0.3, 0.4) is 0 Å². The van der Waals surface area contributed by atoms with Gasteiger partial charge in [-0.1, -0.05) is 24.3 Å². The van der Waals surface area contributed by atoms with Gasteiger partial charge in [0.25, 0.3) is 5.56 Å². The van der Waals surface area contributed by atoms with Crippen molar-refractivity contribution in [2.45, 2.75) is 20.4 Å². The van der Waals surface area contributed by atoms with Crippen LogP contribution in [0.5, 0.6) is 0 Å². The van der Waals surface area contributed by atoms with Crippen molar-refractivity contribution >= 4 is 16.6 Å². The smallest absolute Gasteiger partial charge is 0.266 e. The molecule has 1 aliphatic heterocycles. The lowest BCUT2D eigenvalue weighted by Gasteiger charge is -2.35. The number of aryl methyl sites for hydroxylation is 2. The highest BCUT2D eigenvalue weighted by atomic mass is 16.1. The Morgan fingerprint density at radius 1 is 0.889 bits per heavy atom. The summed E-state index contributed by atoms with van der Waals surface area (Å²) in [7, 11) is 0. The average molecular weight is 364 g/mol. The molecular formula is C20H24N6O. The van der Waals surface area contributed by atoms with Crippen LogP contribution in [-0.4, -0.2) is 57.6 Å². The highest BCUT2D eigenvalue weighted by Crippen LogP contribution is 2.26. The monoisotopic (exact) mass is 364 g/mol. The molecule has 0 aliphatic carbocycles. The molecule has 0 spiro atoms. The summed E-state index contributed by atoms with van der Waals surface area (Å²) in [5, 5.41) is 15.4. The summed E-state index contributed by atoms with van der Waals surface area (Å²) >= 11 is 0. The standard InChI is InChI=1S/C20H24N6O/c1-15-7-8-19(27)26(23-15)14-11-24-9-12-25(13-10-24)20-18-6-4-3-5-17(18)16(2)21-22-20/h3-8H,9-14H2,1-2H3. The fourth-order valence-electron chi connectivity index (χ4n) is 3.59. The zero-order valence-corrected chi connectivity index (χ0v) is 15.8. The minimum atomic E-state index is -0.0411. The third-order valence-corrected chi connectivity index (χ3v) is 5.15.